The number of rotatable bonds is 4. The predicted molar refractivity (Wildman–Crippen MR) is 67.3 cm³/mol. The highest BCUT2D eigenvalue weighted by molar-refractivity contribution is 7.84. The van der Waals surface area contributed by atoms with E-state index in [4.69, 9.17) is 0 Å². The minimum atomic E-state index is -4.46. The van der Waals surface area contributed by atoms with Crippen LogP contribution in [0.2, 0.25) is 0 Å². The maximum absolute atomic E-state index is 12.8. The van der Waals surface area contributed by atoms with Gasteiger partial charge in [0.25, 0.3) is 0 Å². The summed E-state index contributed by atoms with van der Waals surface area (Å²) in [5.74, 6) is 0.286. The second kappa shape index (κ2) is 5.74. The molecule has 1 aromatic heterocycles. The Labute approximate surface area is 115 Å². The van der Waals surface area contributed by atoms with E-state index in [0.29, 0.717) is 12.2 Å². The molecular weight excluding hydrogens is 291 g/mol. The smallest absolute Gasteiger partial charge is 0.262 e. The molecule has 1 atom stereocenters. The largest absolute Gasteiger partial charge is 0.416 e. The SMILES string of the molecule is CCc1nc(S(=O)Cc2ccccc2C(F)(F)F)n[nH]1. The molecule has 0 aliphatic carbocycles. The Kier molecular flexibility index (Phi) is 4.22. The third kappa shape index (κ3) is 3.24. The van der Waals surface area contributed by atoms with E-state index in [1.807, 2.05) is 6.92 Å². The molecule has 0 fully saturated rings. The number of H-pyrrole nitrogens is 1. The normalized spacial score (nSPS) is 13.4. The number of nitrogens with one attached hydrogen (secondary N) is 1. The fourth-order valence-electron chi connectivity index (χ4n) is 1.67. The Bertz CT molecular complexity index is 624. The zero-order valence-electron chi connectivity index (χ0n) is 10.6. The lowest BCUT2D eigenvalue weighted by atomic mass is 10.1. The van der Waals surface area contributed by atoms with E-state index >= 15 is 0 Å². The van der Waals surface area contributed by atoms with E-state index in [0.717, 1.165) is 6.07 Å². The molecule has 108 valence electrons. The summed E-state index contributed by atoms with van der Waals surface area (Å²) in [6, 6.07) is 5.07. The number of benzene rings is 1. The first kappa shape index (κ1) is 14.7. The van der Waals surface area contributed by atoms with Gasteiger partial charge in [-0.15, -0.1) is 5.10 Å². The minimum Gasteiger partial charge on any atom is -0.262 e. The van der Waals surface area contributed by atoms with Gasteiger partial charge in [0, 0.05) is 6.42 Å². The van der Waals surface area contributed by atoms with Crippen LogP contribution >= 0.6 is 0 Å². The monoisotopic (exact) mass is 303 g/mol. The van der Waals surface area contributed by atoms with Crippen molar-refractivity contribution in [1.29, 1.82) is 0 Å². The van der Waals surface area contributed by atoms with Crippen molar-refractivity contribution in [2.75, 3.05) is 0 Å². The van der Waals surface area contributed by atoms with E-state index in [1.54, 1.807) is 0 Å². The molecule has 8 heteroatoms. The molecule has 1 aromatic carbocycles. The number of aromatic amines is 1. The third-order valence-electron chi connectivity index (χ3n) is 2.66. The van der Waals surface area contributed by atoms with Crippen LogP contribution in [0.4, 0.5) is 13.2 Å². The van der Waals surface area contributed by atoms with Crippen LogP contribution in [0.25, 0.3) is 0 Å². The highest BCUT2D eigenvalue weighted by Crippen LogP contribution is 2.32. The first-order chi connectivity index (χ1) is 9.41. The number of aromatic nitrogens is 3. The average Bonchev–Trinajstić information content (AvgIpc) is 2.87. The van der Waals surface area contributed by atoms with Crippen LogP contribution in [0.15, 0.2) is 29.4 Å². The van der Waals surface area contributed by atoms with Gasteiger partial charge >= 0.3 is 6.18 Å². The van der Waals surface area contributed by atoms with Crippen LogP contribution in [-0.4, -0.2) is 19.4 Å². The Morgan fingerprint density at radius 3 is 2.60 bits per heavy atom. The van der Waals surface area contributed by atoms with Gasteiger partial charge in [-0.25, -0.2) is 4.98 Å². The maximum Gasteiger partial charge on any atom is 0.416 e. The molecule has 0 amide bonds. The molecule has 0 bridgehead atoms. The molecular formula is C12H12F3N3OS. The number of aryl methyl sites for hydroxylation is 1. The summed E-state index contributed by atoms with van der Waals surface area (Å²) in [4.78, 5) is 3.97. The number of nitrogens with zero attached hydrogens (tertiary/aromatic N) is 2. The lowest BCUT2D eigenvalue weighted by Gasteiger charge is -2.11. The lowest BCUT2D eigenvalue weighted by Crippen LogP contribution is -2.11. The zero-order chi connectivity index (χ0) is 14.8. The van der Waals surface area contributed by atoms with Gasteiger partial charge in [-0.1, -0.05) is 25.1 Å². The van der Waals surface area contributed by atoms with Crippen molar-refractivity contribution >= 4 is 10.8 Å². The highest BCUT2D eigenvalue weighted by atomic mass is 32.2. The summed E-state index contributed by atoms with van der Waals surface area (Å²) in [5.41, 5.74) is -0.805. The molecule has 1 heterocycles. The van der Waals surface area contributed by atoms with Crippen molar-refractivity contribution in [2.45, 2.75) is 30.4 Å². The van der Waals surface area contributed by atoms with Crippen molar-refractivity contribution in [2.24, 2.45) is 0 Å². The molecule has 20 heavy (non-hydrogen) atoms. The third-order valence-corrected chi connectivity index (χ3v) is 3.82. The Morgan fingerprint density at radius 1 is 1.30 bits per heavy atom. The molecule has 4 nitrogen and oxygen atoms in total. The molecule has 2 rings (SSSR count). The molecule has 0 aliphatic rings. The Morgan fingerprint density at radius 2 is 2.00 bits per heavy atom. The van der Waals surface area contributed by atoms with Gasteiger partial charge in [0.2, 0.25) is 5.16 Å². The number of hydrogen-bond acceptors (Lipinski definition) is 3. The van der Waals surface area contributed by atoms with Gasteiger partial charge in [-0.05, 0) is 11.6 Å². The van der Waals surface area contributed by atoms with E-state index < -0.39 is 22.5 Å². The van der Waals surface area contributed by atoms with Crippen molar-refractivity contribution in [3.05, 3.63) is 41.2 Å². The summed E-state index contributed by atoms with van der Waals surface area (Å²) in [6.07, 6.45) is -3.88. The van der Waals surface area contributed by atoms with Crippen LogP contribution < -0.4 is 0 Å². The van der Waals surface area contributed by atoms with Gasteiger partial charge in [-0.2, -0.15) is 13.2 Å². The highest BCUT2D eigenvalue weighted by Gasteiger charge is 2.33. The van der Waals surface area contributed by atoms with Crippen LogP contribution in [0, 0.1) is 0 Å². The van der Waals surface area contributed by atoms with Crippen LogP contribution in [0.5, 0.6) is 0 Å². The first-order valence-corrected chi connectivity index (χ1v) is 7.18. The molecule has 0 radical (unpaired) electrons. The molecule has 0 saturated heterocycles. The maximum atomic E-state index is 12.8. The number of halogens is 3. The molecule has 1 unspecified atom stereocenters. The average molecular weight is 303 g/mol. The van der Waals surface area contributed by atoms with Crippen LogP contribution in [-0.2, 0) is 29.1 Å². The standard InChI is InChI=1S/C12H12F3N3OS/c1-2-10-16-11(18-17-10)20(19)7-8-5-3-4-6-9(8)12(13,14)15/h3-6H,2,7H2,1H3,(H,16,17,18). The van der Waals surface area contributed by atoms with Crippen LogP contribution in [0.1, 0.15) is 23.9 Å². The first-order valence-electron chi connectivity index (χ1n) is 5.86. The van der Waals surface area contributed by atoms with E-state index in [1.165, 1.54) is 18.2 Å². The summed E-state index contributed by atoms with van der Waals surface area (Å²) in [7, 11) is -1.71. The zero-order valence-corrected chi connectivity index (χ0v) is 11.4. The van der Waals surface area contributed by atoms with Gasteiger partial charge < -0.3 is 0 Å². The Balaban J connectivity index is 2.24. The van der Waals surface area contributed by atoms with E-state index in [9.17, 15) is 17.4 Å². The molecule has 0 saturated carbocycles. The second-order valence-electron chi connectivity index (χ2n) is 4.06. The van der Waals surface area contributed by atoms with Gasteiger partial charge in [-0.3, -0.25) is 9.31 Å². The summed E-state index contributed by atoms with van der Waals surface area (Å²) in [5, 5.41) is 6.37. The van der Waals surface area contributed by atoms with Gasteiger partial charge in [0.05, 0.1) is 22.1 Å². The van der Waals surface area contributed by atoms with E-state index in [-0.39, 0.29) is 16.5 Å². The Hall–Kier alpha value is -1.70. The molecule has 2 aromatic rings. The summed E-state index contributed by atoms with van der Waals surface area (Å²) in [6.45, 7) is 1.84. The second-order valence-corrected chi connectivity index (χ2v) is 5.41. The number of hydrogen-bond donors (Lipinski definition) is 1. The molecule has 0 aliphatic heterocycles. The van der Waals surface area contributed by atoms with Gasteiger partial charge in [0.1, 0.15) is 5.82 Å². The van der Waals surface area contributed by atoms with Crippen LogP contribution in [0.3, 0.4) is 0 Å². The van der Waals surface area contributed by atoms with Gasteiger partial charge in [0.15, 0.2) is 0 Å². The minimum absolute atomic E-state index is 0.0267. The van der Waals surface area contributed by atoms with Crippen molar-refractivity contribution in [3.8, 4) is 0 Å². The predicted octanol–water partition coefficient (Wildman–Crippen LogP) is 2.69. The van der Waals surface area contributed by atoms with E-state index in [2.05, 4.69) is 15.2 Å². The fraction of sp³-hybridized carbons (Fsp3) is 0.333. The number of alkyl halides is 3. The fourth-order valence-corrected chi connectivity index (χ4v) is 2.69. The van der Waals surface area contributed by atoms with Crippen molar-refractivity contribution in [3.63, 3.8) is 0 Å². The molecule has 0 spiro atoms. The summed E-state index contributed by atoms with van der Waals surface area (Å²) < 4.78 is 50.5. The van der Waals surface area contributed by atoms with Crippen molar-refractivity contribution in [1.82, 2.24) is 15.2 Å². The topological polar surface area (TPSA) is 58.6 Å². The lowest BCUT2D eigenvalue weighted by molar-refractivity contribution is -0.138. The quantitative estimate of drug-likeness (QED) is 0.944. The van der Waals surface area contributed by atoms with Crippen molar-refractivity contribution < 1.29 is 17.4 Å². The molecule has 1 N–H and O–H groups in total. The summed E-state index contributed by atoms with van der Waals surface area (Å²) >= 11 is 0.